The van der Waals surface area contributed by atoms with E-state index < -0.39 is 5.41 Å². The van der Waals surface area contributed by atoms with Gasteiger partial charge < -0.3 is 15.4 Å². The maximum Gasteiger partial charge on any atom is 0.334 e. The summed E-state index contributed by atoms with van der Waals surface area (Å²) in [5, 5.41) is 9.99. The molecule has 1 amide bonds. The number of pyridine rings is 2. The number of allylic oxidation sites excluding steroid dienone is 1. The second kappa shape index (κ2) is 12.1. The van der Waals surface area contributed by atoms with Crippen molar-refractivity contribution in [2.75, 3.05) is 18.8 Å². The molecular weight excluding hydrogens is 566 g/mol. The first-order chi connectivity index (χ1) is 21.8. The highest BCUT2D eigenvalue weighted by atomic mass is 16.5. The van der Waals surface area contributed by atoms with Gasteiger partial charge in [-0.15, -0.1) is 0 Å². The summed E-state index contributed by atoms with van der Waals surface area (Å²) in [6, 6.07) is 25.8. The molecule has 0 saturated carbocycles. The smallest absolute Gasteiger partial charge is 0.334 e. The third kappa shape index (κ3) is 5.80. The number of imidazole rings is 1. The van der Waals surface area contributed by atoms with Crippen LogP contribution in [0.15, 0.2) is 108 Å². The Morgan fingerprint density at radius 1 is 1.00 bits per heavy atom. The van der Waals surface area contributed by atoms with Crippen LogP contribution in [0.1, 0.15) is 38.4 Å². The average Bonchev–Trinajstić information content (AvgIpc) is 3.37. The number of benzene rings is 2. The third-order valence-corrected chi connectivity index (χ3v) is 8.12. The molecule has 10 heteroatoms. The van der Waals surface area contributed by atoms with Crippen LogP contribution >= 0.6 is 0 Å². The van der Waals surface area contributed by atoms with Gasteiger partial charge in [0.05, 0.1) is 17.2 Å². The molecule has 1 unspecified atom stereocenters. The summed E-state index contributed by atoms with van der Waals surface area (Å²) < 4.78 is 9.19. The lowest BCUT2D eigenvalue weighted by Gasteiger charge is -2.33. The van der Waals surface area contributed by atoms with Gasteiger partial charge in [0.25, 0.3) is 5.91 Å². The summed E-state index contributed by atoms with van der Waals surface area (Å²) >= 11 is 0. The van der Waals surface area contributed by atoms with E-state index in [-0.39, 0.29) is 35.6 Å². The van der Waals surface area contributed by atoms with Gasteiger partial charge in [0, 0.05) is 36.6 Å². The minimum Gasteiger partial charge on any atom is -0.457 e. The standard InChI is InChI=1S/C35H33N7O3/c1-35(2,30-12-6-7-18-38-30)21-24(22-36)33(43)40-20-8-9-26(23-40)41-29-17-19-39-32(37)31(29)42(34(41)44)25-13-15-28(16-14-25)45-27-10-4-3-5-11-27/h3-7,10-19,21,26H,8-9,20,23H2,1-2H3,(H2,37,39). The van der Waals surface area contributed by atoms with Gasteiger partial charge in [0.2, 0.25) is 0 Å². The van der Waals surface area contributed by atoms with Crippen LogP contribution in [0, 0.1) is 11.3 Å². The number of rotatable bonds is 7. The zero-order chi connectivity index (χ0) is 31.6. The van der Waals surface area contributed by atoms with Gasteiger partial charge in [0.15, 0.2) is 0 Å². The summed E-state index contributed by atoms with van der Waals surface area (Å²) in [5.74, 6) is 1.20. The molecule has 45 heavy (non-hydrogen) atoms. The number of ether oxygens (including phenoxy) is 1. The number of nitriles is 1. The first-order valence-electron chi connectivity index (χ1n) is 14.8. The van der Waals surface area contributed by atoms with E-state index in [4.69, 9.17) is 10.5 Å². The Morgan fingerprint density at radius 3 is 2.44 bits per heavy atom. The van der Waals surface area contributed by atoms with E-state index >= 15 is 0 Å². The fourth-order valence-corrected chi connectivity index (χ4v) is 5.91. The molecule has 5 aromatic rings. The largest absolute Gasteiger partial charge is 0.457 e. The number of nitrogen functional groups attached to an aromatic ring is 1. The number of hydrogen-bond donors (Lipinski definition) is 1. The topological polar surface area (TPSA) is 132 Å². The Labute approximate surface area is 260 Å². The number of nitrogens with two attached hydrogens (primary N) is 1. The minimum atomic E-state index is -0.631. The number of fused-ring (bicyclic) bond motifs is 1. The highest BCUT2D eigenvalue weighted by Gasteiger charge is 2.32. The molecule has 10 nitrogen and oxygen atoms in total. The van der Waals surface area contributed by atoms with Crippen LogP contribution in [-0.4, -0.2) is 43.0 Å². The lowest BCUT2D eigenvalue weighted by Crippen LogP contribution is -2.43. The normalized spacial score (nSPS) is 15.5. The molecule has 4 heterocycles. The molecule has 1 aliphatic rings. The third-order valence-electron chi connectivity index (χ3n) is 8.12. The first-order valence-corrected chi connectivity index (χ1v) is 14.8. The molecule has 3 aromatic heterocycles. The zero-order valence-electron chi connectivity index (χ0n) is 25.1. The van der Waals surface area contributed by atoms with E-state index in [9.17, 15) is 14.9 Å². The molecular formula is C35H33N7O3. The molecule has 1 atom stereocenters. The Balaban J connectivity index is 1.32. The SMILES string of the molecule is CC(C)(C=C(C#N)C(=O)N1CCCC(n2c(=O)n(-c3ccc(Oc4ccccc4)cc3)c3c(N)nccc32)C1)c1ccccn1. The highest BCUT2D eigenvalue weighted by Crippen LogP contribution is 2.31. The average molecular weight is 600 g/mol. The number of amides is 1. The van der Waals surface area contributed by atoms with Gasteiger partial charge in [-0.1, -0.05) is 38.1 Å². The summed E-state index contributed by atoms with van der Waals surface area (Å²) in [6.45, 7) is 4.60. The van der Waals surface area contributed by atoms with Crippen molar-refractivity contribution in [3.8, 4) is 23.3 Å². The molecule has 6 rings (SSSR count). The van der Waals surface area contributed by atoms with Crippen LogP contribution in [0.2, 0.25) is 0 Å². The minimum absolute atomic E-state index is 0.0485. The van der Waals surface area contributed by atoms with Crippen molar-refractivity contribution in [3.05, 3.63) is 119 Å². The lowest BCUT2D eigenvalue weighted by atomic mass is 9.86. The maximum absolute atomic E-state index is 14.2. The summed E-state index contributed by atoms with van der Waals surface area (Å²) in [4.78, 5) is 38.2. The van der Waals surface area contributed by atoms with Gasteiger partial charge in [-0.25, -0.2) is 9.78 Å². The monoisotopic (exact) mass is 599 g/mol. The molecule has 1 fully saturated rings. The van der Waals surface area contributed by atoms with E-state index in [0.717, 1.165) is 5.69 Å². The van der Waals surface area contributed by atoms with Gasteiger partial charge in [0.1, 0.15) is 34.5 Å². The Hall–Kier alpha value is -5.69. The Kier molecular flexibility index (Phi) is 7.92. The van der Waals surface area contributed by atoms with Crippen molar-refractivity contribution in [1.82, 2.24) is 24.0 Å². The van der Waals surface area contributed by atoms with Crippen LogP contribution in [0.25, 0.3) is 16.7 Å². The van der Waals surface area contributed by atoms with Crippen molar-refractivity contribution < 1.29 is 9.53 Å². The molecule has 0 radical (unpaired) electrons. The van der Waals surface area contributed by atoms with Crippen LogP contribution < -0.4 is 16.2 Å². The number of piperidine rings is 1. The lowest BCUT2D eigenvalue weighted by molar-refractivity contribution is -0.128. The van der Waals surface area contributed by atoms with Crippen molar-refractivity contribution in [2.24, 2.45) is 0 Å². The van der Waals surface area contributed by atoms with E-state index in [2.05, 4.69) is 16.0 Å². The van der Waals surface area contributed by atoms with Gasteiger partial charge in [-0.2, -0.15) is 5.26 Å². The van der Waals surface area contributed by atoms with Crippen molar-refractivity contribution in [3.63, 3.8) is 0 Å². The van der Waals surface area contributed by atoms with E-state index in [0.29, 0.717) is 47.6 Å². The number of aromatic nitrogens is 4. The molecule has 1 aliphatic heterocycles. The molecule has 1 saturated heterocycles. The van der Waals surface area contributed by atoms with Crippen molar-refractivity contribution in [1.29, 1.82) is 5.26 Å². The Bertz CT molecular complexity index is 1970. The zero-order valence-corrected chi connectivity index (χ0v) is 25.1. The number of para-hydroxylation sites is 1. The molecule has 0 bridgehead atoms. The van der Waals surface area contributed by atoms with Crippen LogP contribution in [0.5, 0.6) is 11.5 Å². The molecule has 0 aliphatic carbocycles. The predicted octanol–water partition coefficient (Wildman–Crippen LogP) is 5.55. The number of nitrogens with zero attached hydrogens (tertiary/aromatic N) is 6. The second-order valence-electron chi connectivity index (χ2n) is 11.6. The summed E-state index contributed by atoms with van der Waals surface area (Å²) in [5.41, 5.74) is 7.98. The molecule has 0 spiro atoms. The van der Waals surface area contributed by atoms with Gasteiger partial charge in [-0.05, 0) is 73.5 Å². The van der Waals surface area contributed by atoms with Crippen molar-refractivity contribution >= 4 is 22.8 Å². The maximum atomic E-state index is 14.2. The van der Waals surface area contributed by atoms with Crippen LogP contribution in [-0.2, 0) is 10.2 Å². The predicted molar refractivity (Wildman–Crippen MR) is 172 cm³/mol. The summed E-state index contributed by atoms with van der Waals surface area (Å²) in [7, 11) is 0. The Morgan fingerprint density at radius 2 is 1.73 bits per heavy atom. The number of hydrogen-bond acceptors (Lipinski definition) is 7. The molecule has 226 valence electrons. The molecule has 2 aromatic carbocycles. The van der Waals surface area contributed by atoms with Crippen molar-refractivity contribution in [2.45, 2.75) is 38.1 Å². The number of anilines is 1. The van der Waals surface area contributed by atoms with Crippen LogP contribution in [0.3, 0.4) is 0 Å². The first kappa shape index (κ1) is 29.4. The number of likely N-dealkylation sites (tertiary alicyclic amines) is 1. The van der Waals surface area contributed by atoms with E-state index in [1.807, 2.05) is 62.4 Å². The van der Waals surface area contributed by atoms with Gasteiger partial charge in [-0.3, -0.25) is 18.9 Å². The highest BCUT2D eigenvalue weighted by molar-refractivity contribution is 5.97. The molecule has 2 N–H and O–H groups in total. The summed E-state index contributed by atoms with van der Waals surface area (Å²) in [6.07, 6.45) is 6.30. The number of carbonyl (C=O) groups is 1. The fourth-order valence-electron chi connectivity index (χ4n) is 5.91. The quantitative estimate of drug-likeness (QED) is 0.192. The number of carbonyl (C=O) groups excluding carboxylic acids is 1. The second-order valence-corrected chi connectivity index (χ2v) is 11.6. The van der Waals surface area contributed by atoms with E-state index in [1.54, 1.807) is 62.8 Å². The van der Waals surface area contributed by atoms with E-state index in [1.165, 1.54) is 0 Å². The van der Waals surface area contributed by atoms with Gasteiger partial charge >= 0.3 is 5.69 Å². The van der Waals surface area contributed by atoms with Crippen LogP contribution in [0.4, 0.5) is 5.82 Å². The fraction of sp³-hybridized carbons (Fsp3) is 0.229.